The molecule has 1 aromatic rings. The van der Waals surface area contributed by atoms with Gasteiger partial charge in [-0.1, -0.05) is 30.3 Å². The van der Waals surface area contributed by atoms with Crippen LogP contribution in [0.4, 0.5) is 0 Å². The van der Waals surface area contributed by atoms with Crippen LogP contribution in [0.2, 0.25) is 0 Å². The molecular formula is C17H25ClN2O4. The van der Waals surface area contributed by atoms with Crippen molar-refractivity contribution in [3.05, 3.63) is 35.9 Å². The minimum absolute atomic E-state index is 0. The fourth-order valence-electron chi connectivity index (χ4n) is 2.80. The van der Waals surface area contributed by atoms with E-state index in [1.807, 2.05) is 30.3 Å². The number of hydrogen-bond acceptors (Lipinski definition) is 5. The Labute approximate surface area is 148 Å². The zero-order chi connectivity index (χ0) is 16.8. The standard InChI is InChI=1S/C17H24N2O4.ClH/c1-11(17(21)22-2)15(12-6-4-3-5-7-12)19-16(20)14-9-8-13(10-18)23-14;/h3-7,11,13-15H,8-10,18H2,1-2H3,(H,19,20);1H/t11?,13-,14+,15?;/m1./s1. The maximum Gasteiger partial charge on any atom is 0.310 e. The van der Waals surface area contributed by atoms with Crippen LogP contribution in [0.25, 0.3) is 0 Å². The molecule has 24 heavy (non-hydrogen) atoms. The van der Waals surface area contributed by atoms with Crippen molar-refractivity contribution in [3.8, 4) is 0 Å². The fourth-order valence-corrected chi connectivity index (χ4v) is 2.80. The van der Waals surface area contributed by atoms with E-state index in [-0.39, 0.29) is 30.4 Å². The maximum atomic E-state index is 12.5. The lowest BCUT2D eigenvalue weighted by Gasteiger charge is -2.25. The van der Waals surface area contributed by atoms with Crippen molar-refractivity contribution in [2.45, 2.75) is 38.0 Å². The highest BCUT2D eigenvalue weighted by atomic mass is 35.5. The zero-order valence-electron chi connectivity index (χ0n) is 13.9. The van der Waals surface area contributed by atoms with E-state index in [4.69, 9.17) is 15.2 Å². The summed E-state index contributed by atoms with van der Waals surface area (Å²) in [6, 6.07) is 8.92. The summed E-state index contributed by atoms with van der Waals surface area (Å²) < 4.78 is 10.4. The molecule has 7 heteroatoms. The average Bonchev–Trinajstić information content (AvgIpc) is 3.08. The Morgan fingerprint density at radius 1 is 1.33 bits per heavy atom. The quantitative estimate of drug-likeness (QED) is 0.755. The molecule has 1 aliphatic heterocycles. The molecule has 1 fully saturated rings. The normalized spacial score (nSPS) is 22.1. The number of methoxy groups -OCH3 is 1. The van der Waals surface area contributed by atoms with Crippen molar-refractivity contribution in [2.24, 2.45) is 11.7 Å². The fraction of sp³-hybridized carbons (Fsp3) is 0.529. The highest BCUT2D eigenvalue weighted by Gasteiger charge is 2.34. The van der Waals surface area contributed by atoms with Crippen LogP contribution in [-0.2, 0) is 19.1 Å². The summed E-state index contributed by atoms with van der Waals surface area (Å²) in [4.78, 5) is 24.4. The van der Waals surface area contributed by atoms with E-state index < -0.39 is 18.1 Å². The van der Waals surface area contributed by atoms with Gasteiger partial charge in [-0.2, -0.15) is 0 Å². The van der Waals surface area contributed by atoms with Crippen molar-refractivity contribution < 1.29 is 19.1 Å². The Morgan fingerprint density at radius 2 is 2.00 bits per heavy atom. The van der Waals surface area contributed by atoms with Crippen LogP contribution < -0.4 is 11.1 Å². The van der Waals surface area contributed by atoms with Crippen LogP contribution in [0, 0.1) is 5.92 Å². The molecule has 134 valence electrons. The number of ether oxygens (including phenoxy) is 2. The summed E-state index contributed by atoms with van der Waals surface area (Å²) in [7, 11) is 1.34. The van der Waals surface area contributed by atoms with Gasteiger partial charge < -0.3 is 20.5 Å². The number of nitrogens with two attached hydrogens (primary N) is 1. The molecule has 6 nitrogen and oxygen atoms in total. The second kappa shape index (κ2) is 9.61. The number of nitrogens with one attached hydrogen (secondary N) is 1. The van der Waals surface area contributed by atoms with Gasteiger partial charge in [0.25, 0.3) is 0 Å². The van der Waals surface area contributed by atoms with Crippen LogP contribution in [0.1, 0.15) is 31.4 Å². The highest BCUT2D eigenvalue weighted by molar-refractivity contribution is 5.85. The molecule has 1 heterocycles. The highest BCUT2D eigenvalue weighted by Crippen LogP contribution is 2.25. The molecule has 1 amide bonds. The van der Waals surface area contributed by atoms with E-state index in [0.29, 0.717) is 13.0 Å². The summed E-state index contributed by atoms with van der Waals surface area (Å²) in [6.07, 6.45) is 0.831. The number of carbonyl (C=O) groups is 2. The van der Waals surface area contributed by atoms with Gasteiger partial charge in [0.05, 0.1) is 25.2 Å². The van der Waals surface area contributed by atoms with Gasteiger partial charge >= 0.3 is 5.97 Å². The van der Waals surface area contributed by atoms with Gasteiger partial charge in [-0.15, -0.1) is 12.4 Å². The third-order valence-electron chi connectivity index (χ3n) is 4.19. The molecular weight excluding hydrogens is 332 g/mol. The topological polar surface area (TPSA) is 90.7 Å². The number of hydrogen-bond donors (Lipinski definition) is 2. The first-order valence-electron chi connectivity index (χ1n) is 7.85. The summed E-state index contributed by atoms with van der Waals surface area (Å²) in [5.41, 5.74) is 6.43. The summed E-state index contributed by atoms with van der Waals surface area (Å²) >= 11 is 0. The Bertz CT molecular complexity index is 541. The van der Waals surface area contributed by atoms with Crippen molar-refractivity contribution in [3.63, 3.8) is 0 Å². The Balaban J connectivity index is 0.00000288. The molecule has 0 spiro atoms. The molecule has 0 bridgehead atoms. The number of carbonyl (C=O) groups excluding carboxylic acids is 2. The monoisotopic (exact) mass is 356 g/mol. The molecule has 0 aliphatic carbocycles. The lowest BCUT2D eigenvalue weighted by atomic mass is 9.94. The molecule has 3 N–H and O–H groups in total. The van der Waals surface area contributed by atoms with E-state index in [1.54, 1.807) is 6.92 Å². The second-order valence-electron chi connectivity index (χ2n) is 5.77. The van der Waals surface area contributed by atoms with E-state index >= 15 is 0 Å². The van der Waals surface area contributed by atoms with Crippen molar-refractivity contribution >= 4 is 24.3 Å². The first kappa shape index (κ1) is 20.4. The van der Waals surface area contributed by atoms with Gasteiger partial charge in [-0.05, 0) is 25.3 Å². The minimum Gasteiger partial charge on any atom is -0.469 e. The molecule has 4 atom stereocenters. The first-order chi connectivity index (χ1) is 11.1. The minimum atomic E-state index is -0.514. The van der Waals surface area contributed by atoms with Gasteiger partial charge in [0.1, 0.15) is 6.10 Å². The lowest BCUT2D eigenvalue weighted by molar-refractivity contribution is -0.146. The number of benzene rings is 1. The number of halogens is 1. The van der Waals surface area contributed by atoms with Gasteiger partial charge in [0.15, 0.2) is 0 Å². The molecule has 2 rings (SSSR count). The van der Waals surface area contributed by atoms with Crippen LogP contribution in [0.5, 0.6) is 0 Å². The average molecular weight is 357 g/mol. The van der Waals surface area contributed by atoms with Crippen LogP contribution in [0.3, 0.4) is 0 Å². The molecule has 0 saturated carbocycles. The van der Waals surface area contributed by atoms with Crippen molar-refractivity contribution in [1.82, 2.24) is 5.32 Å². The summed E-state index contributed by atoms with van der Waals surface area (Å²) in [6.45, 7) is 2.15. The van der Waals surface area contributed by atoms with Crippen molar-refractivity contribution in [1.29, 1.82) is 0 Å². The Morgan fingerprint density at radius 3 is 2.54 bits per heavy atom. The Kier molecular flexibility index (Phi) is 8.18. The van der Waals surface area contributed by atoms with Crippen LogP contribution >= 0.6 is 12.4 Å². The molecule has 0 aromatic heterocycles. The van der Waals surface area contributed by atoms with Gasteiger partial charge in [0, 0.05) is 6.54 Å². The summed E-state index contributed by atoms with van der Waals surface area (Å²) in [5, 5.41) is 2.93. The molecule has 1 saturated heterocycles. The van der Waals surface area contributed by atoms with Crippen LogP contribution in [-0.4, -0.2) is 37.7 Å². The zero-order valence-corrected chi connectivity index (χ0v) is 14.8. The Hall–Kier alpha value is -1.63. The van der Waals surface area contributed by atoms with Gasteiger partial charge in [0.2, 0.25) is 5.91 Å². The number of esters is 1. The first-order valence-corrected chi connectivity index (χ1v) is 7.85. The smallest absolute Gasteiger partial charge is 0.310 e. The molecule has 2 unspecified atom stereocenters. The summed E-state index contributed by atoms with van der Waals surface area (Å²) in [5.74, 6) is -1.09. The van der Waals surface area contributed by atoms with E-state index in [9.17, 15) is 9.59 Å². The van der Waals surface area contributed by atoms with Gasteiger partial charge in [-0.3, -0.25) is 9.59 Å². The van der Waals surface area contributed by atoms with Gasteiger partial charge in [-0.25, -0.2) is 0 Å². The predicted molar refractivity (Wildman–Crippen MR) is 92.7 cm³/mol. The van der Waals surface area contributed by atoms with E-state index in [1.165, 1.54) is 7.11 Å². The van der Waals surface area contributed by atoms with E-state index in [2.05, 4.69) is 5.32 Å². The number of rotatable bonds is 6. The third kappa shape index (κ3) is 4.93. The molecule has 1 aromatic carbocycles. The lowest BCUT2D eigenvalue weighted by Crippen LogP contribution is -2.41. The number of amides is 1. The third-order valence-corrected chi connectivity index (χ3v) is 4.19. The maximum absolute atomic E-state index is 12.5. The van der Waals surface area contributed by atoms with E-state index in [0.717, 1.165) is 12.0 Å². The molecule has 1 aliphatic rings. The van der Waals surface area contributed by atoms with Crippen LogP contribution in [0.15, 0.2) is 30.3 Å². The SMILES string of the molecule is COC(=O)C(C)C(NC(=O)[C@@H]1CC[C@H](CN)O1)c1ccccc1.Cl. The largest absolute Gasteiger partial charge is 0.469 e. The second-order valence-corrected chi connectivity index (χ2v) is 5.77. The van der Waals surface area contributed by atoms with Crippen molar-refractivity contribution in [2.75, 3.05) is 13.7 Å². The molecule has 0 radical (unpaired) electrons. The predicted octanol–water partition coefficient (Wildman–Crippen LogP) is 1.58.